The van der Waals surface area contributed by atoms with Gasteiger partial charge in [0.15, 0.2) is 0 Å². The number of unbranched alkanes of at least 4 members (excludes halogenated alkanes) is 3. The van der Waals surface area contributed by atoms with E-state index in [-0.39, 0.29) is 11.8 Å². The van der Waals surface area contributed by atoms with E-state index >= 15 is 0 Å². The maximum absolute atomic E-state index is 11.8. The molecule has 0 fully saturated rings. The van der Waals surface area contributed by atoms with Gasteiger partial charge in [-0.05, 0) is 19.8 Å². The molecule has 3 nitrogen and oxygen atoms in total. The van der Waals surface area contributed by atoms with E-state index in [1.54, 1.807) is 6.92 Å². The highest BCUT2D eigenvalue weighted by Gasteiger charge is 2.26. The largest absolute Gasteiger partial charge is 0.465 e. The first-order valence-electron chi connectivity index (χ1n) is 6.86. The number of carbonyl (C=O) groups excluding carboxylic acids is 2. The fourth-order valence-electron chi connectivity index (χ4n) is 1.85. The van der Waals surface area contributed by atoms with Crippen LogP contribution in [-0.2, 0) is 14.3 Å². The van der Waals surface area contributed by atoms with E-state index in [2.05, 4.69) is 6.92 Å². The standard InChI is InChI=1S/C14H26O3/c1-4-7-8-9-11-12(13(15)10-5-2)14(16)17-6-3/h12H,4-11H2,1-3H3. The van der Waals surface area contributed by atoms with Crippen LogP contribution in [0.3, 0.4) is 0 Å². The van der Waals surface area contributed by atoms with Gasteiger partial charge in [-0.3, -0.25) is 9.59 Å². The van der Waals surface area contributed by atoms with Gasteiger partial charge in [-0.15, -0.1) is 0 Å². The predicted molar refractivity (Wildman–Crippen MR) is 68.8 cm³/mol. The van der Waals surface area contributed by atoms with Crippen molar-refractivity contribution in [3.05, 3.63) is 0 Å². The number of rotatable bonds is 10. The molecular weight excluding hydrogens is 216 g/mol. The molecule has 1 unspecified atom stereocenters. The maximum atomic E-state index is 11.8. The Morgan fingerprint density at radius 1 is 1.00 bits per heavy atom. The Bertz CT molecular complexity index is 206. The average molecular weight is 242 g/mol. The van der Waals surface area contributed by atoms with Crippen LogP contribution in [0.2, 0.25) is 0 Å². The van der Waals surface area contributed by atoms with Crippen LogP contribution in [0.5, 0.6) is 0 Å². The summed E-state index contributed by atoms with van der Waals surface area (Å²) in [6.07, 6.45) is 6.28. The molecule has 3 heteroatoms. The van der Waals surface area contributed by atoms with E-state index < -0.39 is 5.92 Å². The Balaban J connectivity index is 4.19. The first kappa shape index (κ1) is 16.1. The molecule has 0 aromatic rings. The Kier molecular flexibility index (Phi) is 9.78. The van der Waals surface area contributed by atoms with Crippen molar-refractivity contribution in [3.63, 3.8) is 0 Å². The topological polar surface area (TPSA) is 43.4 Å². The lowest BCUT2D eigenvalue weighted by Crippen LogP contribution is -2.26. The molecule has 0 spiro atoms. The highest BCUT2D eigenvalue weighted by molar-refractivity contribution is 5.98. The van der Waals surface area contributed by atoms with Crippen molar-refractivity contribution in [1.82, 2.24) is 0 Å². The zero-order chi connectivity index (χ0) is 13.1. The first-order chi connectivity index (χ1) is 8.17. The molecule has 0 radical (unpaired) electrons. The van der Waals surface area contributed by atoms with Gasteiger partial charge in [0.2, 0.25) is 0 Å². The van der Waals surface area contributed by atoms with Gasteiger partial charge in [0.25, 0.3) is 0 Å². The van der Waals surface area contributed by atoms with Crippen molar-refractivity contribution in [2.75, 3.05) is 6.61 Å². The number of hydrogen-bond acceptors (Lipinski definition) is 3. The van der Waals surface area contributed by atoms with Gasteiger partial charge in [-0.2, -0.15) is 0 Å². The van der Waals surface area contributed by atoms with E-state index in [0.717, 1.165) is 32.1 Å². The molecule has 0 saturated carbocycles. The van der Waals surface area contributed by atoms with Crippen molar-refractivity contribution in [2.45, 2.75) is 65.7 Å². The van der Waals surface area contributed by atoms with Crippen molar-refractivity contribution < 1.29 is 14.3 Å². The second-order valence-electron chi connectivity index (χ2n) is 4.37. The molecule has 0 aliphatic rings. The third-order valence-corrected chi connectivity index (χ3v) is 2.80. The summed E-state index contributed by atoms with van der Waals surface area (Å²) in [6, 6.07) is 0. The molecule has 0 bridgehead atoms. The number of Topliss-reactive ketones (excluding diaryl/α,β-unsaturated/α-hetero) is 1. The number of esters is 1. The Hall–Kier alpha value is -0.860. The lowest BCUT2D eigenvalue weighted by Gasteiger charge is -2.13. The molecule has 0 N–H and O–H groups in total. The molecule has 0 aromatic heterocycles. The summed E-state index contributed by atoms with van der Waals surface area (Å²) in [7, 11) is 0. The van der Waals surface area contributed by atoms with Crippen LogP contribution in [0.1, 0.15) is 65.7 Å². The van der Waals surface area contributed by atoms with Gasteiger partial charge < -0.3 is 4.74 Å². The van der Waals surface area contributed by atoms with E-state index in [1.807, 2.05) is 6.92 Å². The van der Waals surface area contributed by atoms with Crippen molar-refractivity contribution in [3.8, 4) is 0 Å². The second kappa shape index (κ2) is 10.3. The molecule has 0 saturated heterocycles. The van der Waals surface area contributed by atoms with Crippen LogP contribution in [0.4, 0.5) is 0 Å². The zero-order valence-corrected chi connectivity index (χ0v) is 11.5. The summed E-state index contributed by atoms with van der Waals surface area (Å²) in [6.45, 7) is 6.22. The van der Waals surface area contributed by atoms with E-state index in [4.69, 9.17) is 4.74 Å². The summed E-state index contributed by atoms with van der Waals surface area (Å²) in [5.74, 6) is -0.809. The number of ether oxygens (including phenoxy) is 1. The van der Waals surface area contributed by atoms with Crippen molar-refractivity contribution in [2.24, 2.45) is 5.92 Å². The summed E-state index contributed by atoms with van der Waals surface area (Å²) >= 11 is 0. The third-order valence-electron chi connectivity index (χ3n) is 2.80. The molecule has 0 heterocycles. The van der Waals surface area contributed by atoms with Crippen LogP contribution < -0.4 is 0 Å². The Labute approximate surface area is 105 Å². The van der Waals surface area contributed by atoms with Gasteiger partial charge in [0.05, 0.1) is 6.61 Å². The van der Waals surface area contributed by atoms with Gasteiger partial charge in [-0.25, -0.2) is 0 Å². The van der Waals surface area contributed by atoms with Gasteiger partial charge in [0.1, 0.15) is 11.7 Å². The lowest BCUT2D eigenvalue weighted by molar-refractivity contribution is -0.151. The summed E-state index contributed by atoms with van der Waals surface area (Å²) in [4.78, 5) is 23.5. The van der Waals surface area contributed by atoms with E-state index in [0.29, 0.717) is 19.4 Å². The van der Waals surface area contributed by atoms with E-state index in [1.165, 1.54) is 0 Å². The molecule has 1 atom stereocenters. The van der Waals surface area contributed by atoms with Crippen LogP contribution >= 0.6 is 0 Å². The summed E-state index contributed by atoms with van der Waals surface area (Å²) in [5.41, 5.74) is 0. The Morgan fingerprint density at radius 3 is 2.24 bits per heavy atom. The molecule has 17 heavy (non-hydrogen) atoms. The first-order valence-corrected chi connectivity index (χ1v) is 6.86. The number of ketones is 1. The molecule has 0 aromatic carbocycles. The maximum Gasteiger partial charge on any atom is 0.316 e. The minimum absolute atomic E-state index is 0.0439. The molecular formula is C14H26O3. The van der Waals surface area contributed by atoms with Gasteiger partial charge >= 0.3 is 5.97 Å². The molecule has 0 aliphatic carbocycles. The van der Waals surface area contributed by atoms with Crippen LogP contribution in [-0.4, -0.2) is 18.4 Å². The number of hydrogen-bond donors (Lipinski definition) is 0. The van der Waals surface area contributed by atoms with Gasteiger partial charge in [-0.1, -0.05) is 39.5 Å². The highest BCUT2D eigenvalue weighted by Crippen LogP contribution is 2.16. The van der Waals surface area contributed by atoms with Crippen LogP contribution in [0.15, 0.2) is 0 Å². The molecule has 0 rings (SSSR count). The molecule has 0 aliphatic heterocycles. The predicted octanol–water partition coefficient (Wildman–Crippen LogP) is 3.51. The molecule has 100 valence electrons. The quantitative estimate of drug-likeness (QED) is 0.334. The smallest absolute Gasteiger partial charge is 0.316 e. The summed E-state index contributed by atoms with van der Waals surface area (Å²) < 4.78 is 4.97. The Morgan fingerprint density at radius 2 is 1.71 bits per heavy atom. The minimum atomic E-state index is -0.522. The lowest BCUT2D eigenvalue weighted by atomic mass is 9.94. The fourth-order valence-corrected chi connectivity index (χ4v) is 1.85. The third kappa shape index (κ3) is 7.14. The normalized spacial score (nSPS) is 12.2. The zero-order valence-electron chi connectivity index (χ0n) is 11.5. The SMILES string of the molecule is CCCCCCC(C(=O)CCC)C(=O)OCC. The molecule has 0 amide bonds. The summed E-state index contributed by atoms with van der Waals surface area (Å²) in [5, 5.41) is 0. The van der Waals surface area contributed by atoms with Crippen LogP contribution in [0.25, 0.3) is 0 Å². The highest BCUT2D eigenvalue weighted by atomic mass is 16.5. The van der Waals surface area contributed by atoms with Crippen LogP contribution in [0, 0.1) is 5.92 Å². The second-order valence-corrected chi connectivity index (χ2v) is 4.37. The van der Waals surface area contributed by atoms with Gasteiger partial charge in [0, 0.05) is 6.42 Å². The van der Waals surface area contributed by atoms with Crippen molar-refractivity contribution in [1.29, 1.82) is 0 Å². The van der Waals surface area contributed by atoms with Crippen molar-refractivity contribution >= 4 is 11.8 Å². The number of carbonyl (C=O) groups is 2. The average Bonchev–Trinajstić information content (AvgIpc) is 2.29. The fraction of sp³-hybridized carbons (Fsp3) is 0.857. The monoisotopic (exact) mass is 242 g/mol. The van der Waals surface area contributed by atoms with E-state index in [9.17, 15) is 9.59 Å². The minimum Gasteiger partial charge on any atom is -0.465 e.